The van der Waals surface area contributed by atoms with Crippen molar-refractivity contribution in [2.24, 2.45) is 0 Å². The second-order valence-electron chi connectivity index (χ2n) is 6.94. The summed E-state index contributed by atoms with van der Waals surface area (Å²) in [5, 5.41) is 9.88. The average Bonchev–Trinajstić information content (AvgIpc) is 3.27. The summed E-state index contributed by atoms with van der Waals surface area (Å²) in [5.74, 6) is -0.146. The average molecular weight is 472 g/mol. The molecule has 30 heavy (non-hydrogen) atoms. The van der Waals surface area contributed by atoms with Crippen molar-refractivity contribution >= 4 is 46.5 Å². The number of carbonyl (C=O) groups is 1. The molecule has 3 N–H and O–H groups in total. The van der Waals surface area contributed by atoms with Gasteiger partial charge in [-0.25, -0.2) is 14.9 Å². The molecule has 1 saturated heterocycles. The number of aromatic amines is 2. The second kappa shape index (κ2) is 8.33. The Hall–Kier alpha value is -2.49. The van der Waals surface area contributed by atoms with Crippen LogP contribution < -0.4 is 16.0 Å². The molecule has 0 unspecified atom stereocenters. The first-order valence-corrected chi connectivity index (χ1v) is 10.3. The van der Waals surface area contributed by atoms with Crippen LogP contribution in [0.5, 0.6) is 0 Å². The number of hydrogen-bond donors (Lipinski definition) is 3. The fraction of sp³-hybridized carbons (Fsp3) is 0.333. The summed E-state index contributed by atoms with van der Waals surface area (Å²) in [6.07, 6.45) is 1.41. The lowest BCUT2D eigenvalue weighted by molar-refractivity contribution is 0.0926. The van der Waals surface area contributed by atoms with Crippen LogP contribution in [-0.4, -0.2) is 45.2 Å². The molecule has 4 rings (SSSR count). The van der Waals surface area contributed by atoms with Crippen LogP contribution in [0, 0.1) is 6.92 Å². The summed E-state index contributed by atoms with van der Waals surface area (Å²) in [6, 6.07) is 3.31. The molecule has 1 aliphatic heterocycles. The normalized spacial score (nSPS) is 14.9. The summed E-state index contributed by atoms with van der Waals surface area (Å²) in [5.41, 5.74) is 1.47. The highest BCUT2D eigenvalue weighted by molar-refractivity contribution is 6.44. The quantitative estimate of drug-likeness (QED) is 0.502. The Bertz CT molecular complexity index is 1150. The van der Waals surface area contributed by atoms with Crippen molar-refractivity contribution in [1.82, 2.24) is 25.5 Å². The molecule has 12 heteroatoms. The van der Waals surface area contributed by atoms with E-state index in [9.17, 15) is 9.59 Å². The molecule has 0 radical (unpaired) electrons. The Morgan fingerprint density at radius 2 is 1.97 bits per heavy atom. The van der Waals surface area contributed by atoms with E-state index in [1.807, 2.05) is 4.90 Å². The molecule has 0 bridgehead atoms. The molecular weight excluding hydrogens is 455 g/mol. The molecule has 4 heterocycles. The number of H-pyrrole nitrogens is 2. The molecule has 158 valence electrons. The number of pyridine rings is 1. The van der Waals surface area contributed by atoms with E-state index in [1.165, 1.54) is 0 Å². The molecule has 0 aliphatic carbocycles. The highest BCUT2D eigenvalue weighted by atomic mass is 35.5. The highest BCUT2D eigenvalue weighted by Gasteiger charge is 2.25. The molecule has 0 atom stereocenters. The first-order valence-electron chi connectivity index (χ1n) is 9.14. The minimum absolute atomic E-state index is 0.0183. The Morgan fingerprint density at radius 1 is 1.23 bits per heavy atom. The third kappa shape index (κ3) is 4.19. The minimum atomic E-state index is -0.644. The molecule has 1 aliphatic rings. The van der Waals surface area contributed by atoms with E-state index in [0.717, 1.165) is 0 Å². The topological polar surface area (TPSA) is 120 Å². The van der Waals surface area contributed by atoms with Crippen molar-refractivity contribution in [2.75, 3.05) is 18.0 Å². The van der Waals surface area contributed by atoms with Crippen LogP contribution in [0.3, 0.4) is 0 Å². The van der Waals surface area contributed by atoms with E-state index in [4.69, 9.17) is 39.2 Å². The maximum atomic E-state index is 12.5. The lowest BCUT2D eigenvalue weighted by Gasteiger charge is -2.33. The molecule has 1 amide bonds. The number of aryl methyl sites for hydroxylation is 1. The highest BCUT2D eigenvalue weighted by Crippen LogP contribution is 2.30. The van der Waals surface area contributed by atoms with Gasteiger partial charge in [-0.15, -0.1) is 5.10 Å². The van der Waals surface area contributed by atoms with Crippen LogP contribution in [0.25, 0.3) is 11.5 Å². The van der Waals surface area contributed by atoms with E-state index in [1.54, 1.807) is 19.1 Å². The van der Waals surface area contributed by atoms with E-state index < -0.39 is 5.76 Å². The van der Waals surface area contributed by atoms with Crippen LogP contribution in [0.15, 0.2) is 21.3 Å². The van der Waals surface area contributed by atoms with Gasteiger partial charge < -0.3 is 19.6 Å². The fourth-order valence-corrected chi connectivity index (χ4v) is 3.98. The molecule has 3 aromatic heterocycles. The van der Waals surface area contributed by atoms with E-state index in [-0.39, 0.29) is 33.7 Å². The number of hydrogen-bond acceptors (Lipinski definition) is 6. The number of anilines is 1. The maximum absolute atomic E-state index is 12.5. The van der Waals surface area contributed by atoms with Gasteiger partial charge in [0.15, 0.2) is 0 Å². The number of halogens is 3. The van der Waals surface area contributed by atoms with Gasteiger partial charge in [-0.1, -0.05) is 34.8 Å². The minimum Gasteiger partial charge on any atom is -0.388 e. The number of nitrogens with one attached hydrogen (secondary N) is 3. The SMILES string of the molecule is Cc1[nH]c(C(=O)NC2CCN(c3cc(-c4n[nH]c(=O)o4)cc(Cl)n3)CC2)c(Cl)c1Cl. The monoisotopic (exact) mass is 470 g/mol. The van der Waals surface area contributed by atoms with Gasteiger partial charge in [-0.2, -0.15) is 0 Å². The van der Waals surface area contributed by atoms with Crippen molar-refractivity contribution in [1.29, 1.82) is 0 Å². The number of amides is 1. The summed E-state index contributed by atoms with van der Waals surface area (Å²) in [7, 11) is 0. The van der Waals surface area contributed by atoms with Gasteiger partial charge in [0, 0.05) is 30.4 Å². The fourth-order valence-electron chi connectivity index (χ4n) is 3.36. The summed E-state index contributed by atoms with van der Waals surface area (Å²) in [4.78, 5) is 33.1. The molecule has 1 fully saturated rings. The lowest BCUT2D eigenvalue weighted by atomic mass is 10.0. The second-order valence-corrected chi connectivity index (χ2v) is 8.09. The van der Waals surface area contributed by atoms with Crippen LogP contribution in [0.2, 0.25) is 15.2 Å². The Labute approximate surface area is 185 Å². The van der Waals surface area contributed by atoms with Gasteiger partial charge in [-0.05, 0) is 31.9 Å². The third-order valence-electron chi connectivity index (χ3n) is 4.90. The Morgan fingerprint density at radius 3 is 2.57 bits per heavy atom. The van der Waals surface area contributed by atoms with Crippen LogP contribution >= 0.6 is 34.8 Å². The third-order valence-corrected chi connectivity index (χ3v) is 6.04. The van der Waals surface area contributed by atoms with Gasteiger partial charge in [-0.3, -0.25) is 4.79 Å². The number of nitrogens with zero attached hydrogens (tertiary/aromatic N) is 3. The Kier molecular flexibility index (Phi) is 5.77. The maximum Gasteiger partial charge on any atom is 0.434 e. The lowest BCUT2D eigenvalue weighted by Crippen LogP contribution is -2.45. The van der Waals surface area contributed by atoms with Gasteiger partial charge in [0.25, 0.3) is 5.91 Å². The standard InChI is InChI=1S/C18H17Cl3N6O3/c1-8-13(20)14(21)15(22-8)16(28)23-10-2-4-27(5-3-10)12-7-9(6-11(19)24-12)17-25-26-18(29)30-17/h6-7,10,22H,2-5H2,1H3,(H,23,28)(H,26,29). The molecule has 0 aromatic carbocycles. The zero-order valence-electron chi connectivity index (χ0n) is 15.8. The van der Waals surface area contributed by atoms with E-state index >= 15 is 0 Å². The molecule has 0 saturated carbocycles. The van der Waals surface area contributed by atoms with Crippen molar-refractivity contribution in [3.8, 4) is 11.5 Å². The first-order chi connectivity index (χ1) is 14.3. The number of carbonyl (C=O) groups excluding carboxylic acids is 1. The van der Waals surface area contributed by atoms with Crippen LogP contribution in [0.1, 0.15) is 29.0 Å². The van der Waals surface area contributed by atoms with Crippen molar-refractivity contribution in [3.63, 3.8) is 0 Å². The van der Waals surface area contributed by atoms with E-state index in [0.29, 0.717) is 48.0 Å². The predicted molar refractivity (Wildman–Crippen MR) is 114 cm³/mol. The largest absolute Gasteiger partial charge is 0.434 e. The predicted octanol–water partition coefficient (Wildman–Crippen LogP) is 3.42. The van der Waals surface area contributed by atoms with Crippen LogP contribution in [-0.2, 0) is 0 Å². The summed E-state index contributed by atoms with van der Waals surface area (Å²) < 4.78 is 4.99. The zero-order valence-corrected chi connectivity index (χ0v) is 18.0. The number of rotatable bonds is 4. The zero-order chi connectivity index (χ0) is 21.4. The summed E-state index contributed by atoms with van der Waals surface area (Å²) >= 11 is 18.3. The summed E-state index contributed by atoms with van der Waals surface area (Å²) in [6.45, 7) is 3.06. The number of piperidine rings is 1. The van der Waals surface area contributed by atoms with E-state index in [2.05, 4.69) is 25.5 Å². The van der Waals surface area contributed by atoms with Gasteiger partial charge in [0.05, 0.1) is 10.0 Å². The van der Waals surface area contributed by atoms with Crippen molar-refractivity contribution in [2.45, 2.75) is 25.8 Å². The molecular formula is C18H17Cl3N6O3. The van der Waals surface area contributed by atoms with Crippen LogP contribution in [0.4, 0.5) is 5.82 Å². The Balaban J connectivity index is 1.42. The van der Waals surface area contributed by atoms with Crippen molar-refractivity contribution < 1.29 is 9.21 Å². The first kappa shape index (κ1) is 20.8. The molecule has 0 spiro atoms. The van der Waals surface area contributed by atoms with Gasteiger partial charge >= 0.3 is 5.76 Å². The molecule has 3 aromatic rings. The van der Waals surface area contributed by atoms with Gasteiger partial charge in [0.1, 0.15) is 16.7 Å². The molecule has 9 nitrogen and oxygen atoms in total. The van der Waals surface area contributed by atoms with Gasteiger partial charge in [0.2, 0.25) is 5.89 Å². The smallest absolute Gasteiger partial charge is 0.388 e. The number of aromatic nitrogens is 4. The van der Waals surface area contributed by atoms with Crippen molar-refractivity contribution in [3.05, 3.63) is 49.3 Å².